The fraction of sp³-hybridized carbons (Fsp3) is 0.152. The molecule has 7 rings (SSSR count). The number of rotatable bonds is 8. The summed E-state index contributed by atoms with van der Waals surface area (Å²) in [5, 5.41) is 39.8. The predicted octanol–water partition coefficient (Wildman–Crippen LogP) is 5.47. The van der Waals surface area contributed by atoms with Crippen molar-refractivity contribution in [3.63, 3.8) is 0 Å². The first kappa shape index (κ1) is 28.4. The van der Waals surface area contributed by atoms with Gasteiger partial charge >= 0.3 is 5.97 Å². The second-order valence-electron chi connectivity index (χ2n) is 10.7. The zero-order valence-corrected chi connectivity index (χ0v) is 24.5. The molecule has 0 bridgehead atoms. The average Bonchev–Trinajstić information content (AvgIpc) is 3.77. The number of hydrogen-bond acceptors (Lipinski definition) is 7. The van der Waals surface area contributed by atoms with Gasteiger partial charge in [-0.2, -0.15) is 14.5 Å². The molecule has 45 heavy (non-hydrogen) atoms. The summed E-state index contributed by atoms with van der Waals surface area (Å²) in [6.45, 7) is 0.583. The molecule has 0 fully saturated rings. The molecule has 4 heterocycles. The van der Waals surface area contributed by atoms with Crippen molar-refractivity contribution in [3.8, 4) is 27.9 Å². The molecular formula is C33H26ClN7O4. The number of hydrogen-bond donors (Lipinski definition) is 1. The smallest absolute Gasteiger partial charge is 0.335 e. The first-order chi connectivity index (χ1) is 21.9. The van der Waals surface area contributed by atoms with Crippen molar-refractivity contribution < 1.29 is 19.4 Å². The van der Waals surface area contributed by atoms with Gasteiger partial charge in [-0.25, -0.2) is 4.79 Å². The van der Waals surface area contributed by atoms with Gasteiger partial charge in [0.2, 0.25) is 5.69 Å². The van der Waals surface area contributed by atoms with Crippen LogP contribution >= 0.6 is 11.6 Å². The van der Waals surface area contributed by atoms with E-state index in [1.165, 1.54) is 22.8 Å². The molecule has 3 aromatic heterocycles. The Balaban J connectivity index is 1.28. The Labute approximate surface area is 262 Å². The third-order valence-corrected chi connectivity index (χ3v) is 8.30. The van der Waals surface area contributed by atoms with Crippen LogP contribution in [0.4, 0.5) is 0 Å². The quantitative estimate of drug-likeness (QED) is 0.175. The van der Waals surface area contributed by atoms with Crippen LogP contribution in [0.3, 0.4) is 0 Å². The van der Waals surface area contributed by atoms with Crippen molar-refractivity contribution in [1.82, 2.24) is 30.0 Å². The lowest BCUT2D eigenvalue weighted by atomic mass is 9.92. The summed E-state index contributed by atoms with van der Waals surface area (Å²) in [6, 6.07) is 23.3. The molecule has 224 valence electrons. The van der Waals surface area contributed by atoms with Crippen molar-refractivity contribution >= 4 is 17.6 Å². The number of carboxylic acids is 1. The summed E-state index contributed by atoms with van der Waals surface area (Å²) in [4.78, 5) is 11.3. The van der Waals surface area contributed by atoms with E-state index in [4.69, 9.17) is 16.3 Å². The summed E-state index contributed by atoms with van der Waals surface area (Å²) in [7, 11) is 0. The topological polar surface area (TPSA) is 135 Å². The number of tetrazole rings is 1. The second kappa shape index (κ2) is 11.9. The molecule has 1 N–H and O–H groups in total. The lowest BCUT2D eigenvalue weighted by molar-refractivity contribution is -0.615. The number of carbonyl (C=O) groups is 1. The van der Waals surface area contributed by atoms with E-state index in [-0.39, 0.29) is 11.7 Å². The minimum atomic E-state index is -0.989. The van der Waals surface area contributed by atoms with Gasteiger partial charge in [-0.15, -0.1) is 5.10 Å². The molecule has 1 aliphatic heterocycles. The fourth-order valence-electron chi connectivity index (χ4n) is 5.82. The van der Waals surface area contributed by atoms with Crippen LogP contribution in [0.5, 0.6) is 0 Å². The largest absolute Gasteiger partial charge is 0.618 e. The van der Waals surface area contributed by atoms with E-state index in [9.17, 15) is 15.1 Å². The van der Waals surface area contributed by atoms with Crippen molar-refractivity contribution in [2.45, 2.75) is 25.0 Å². The Morgan fingerprint density at radius 1 is 1.07 bits per heavy atom. The highest BCUT2D eigenvalue weighted by Gasteiger charge is 2.31. The molecule has 12 heteroatoms. The second-order valence-corrected chi connectivity index (χ2v) is 11.2. The normalized spacial score (nSPS) is 15.0. The van der Waals surface area contributed by atoms with E-state index in [2.05, 4.69) is 32.8 Å². The summed E-state index contributed by atoms with van der Waals surface area (Å²) in [5.74, 6) is -0.989. The van der Waals surface area contributed by atoms with Crippen molar-refractivity contribution in [2.24, 2.45) is 0 Å². The molecule has 2 atom stereocenters. The Bertz CT molecular complexity index is 1990. The van der Waals surface area contributed by atoms with Gasteiger partial charge in [0.25, 0.3) is 0 Å². The number of carboxylic acid groups (broad SMARTS) is 1. The number of ether oxygens (including phenoxy) is 1. The highest BCUT2D eigenvalue weighted by Crippen LogP contribution is 2.37. The monoisotopic (exact) mass is 619 g/mol. The number of halogens is 1. The maximum absolute atomic E-state index is 13.9. The van der Waals surface area contributed by atoms with Gasteiger partial charge in [0.15, 0.2) is 6.20 Å². The molecule has 0 radical (unpaired) electrons. The van der Waals surface area contributed by atoms with Crippen LogP contribution in [0.25, 0.3) is 27.9 Å². The fourth-order valence-corrected chi connectivity index (χ4v) is 5.99. The van der Waals surface area contributed by atoms with Crippen LogP contribution in [0, 0.1) is 5.21 Å². The highest BCUT2D eigenvalue weighted by atomic mass is 35.5. The summed E-state index contributed by atoms with van der Waals surface area (Å²) in [5.41, 5.74) is 6.62. The van der Waals surface area contributed by atoms with Gasteiger partial charge in [0.1, 0.15) is 12.4 Å². The maximum atomic E-state index is 13.9. The van der Waals surface area contributed by atoms with Crippen LogP contribution in [0.1, 0.15) is 45.7 Å². The Hall–Kier alpha value is -5.39. The first-order valence-corrected chi connectivity index (χ1v) is 14.7. The molecule has 0 saturated heterocycles. The number of nitrogens with zero attached hydrogens (tertiary/aromatic N) is 7. The van der Waals surface area contributed by atoms with Crippen LogP contribution in [-0.4, -0.2) is 47.7 Å². The van der Waals surface area contributed by atoms with Gasteiger partial charge in [-0.05, 0) is 69.9 Å². The molecule has 0 saturated carbocycles. The molecule has 1 aliphatic rings. The first-order valence-electron chi connectivity index (χ1n) is 14.3. The minimum absolute atomic E-state index is 0.201. The van der Waals surface area contributed by atoms with E-state index in [1.807, 2.05) is 24.4 Å². The summed E-state index contributed by atoms with van der Waals surface area (Å²) >= 11 is 6.36. The molecule has 0 aliphatic carbocycles. The predicted molar refractivity (Wildman–Crippen MR) is 165 cm³/mol. The van der Waals surface area contributed by atoms with Crippen LogP contribution in [0.2, 0.25) is 5.02 Å². The zero-order valence-electron chi connectivity index (χ0n) is 23.8. The van der Waals surface area contributed by atoms with Crippen LogP contribution in [-0.2, 0) is 11.2 Å². The lowest BCUT2D eigenvalue weighted by Crippen LogP contribution is -2.36. The molecule has 6 aromatic rings. The third kappa shape index (κ3) is 5.66. The Kier molecular flexibility index (Phi) is 7.54. The number of benzene rings is 3. The average molecular weight is 620 g/mol. The molecule has 2 unspecified atom stereocenters. The molecular weight excluding hydrogens is 594 g/mol. The minimum Gasteiger partial charge on any atom is -0.618 e. The molecule has 11 nitrogen and oxygen atoms in total. The van der Waals surface area contributed by atoms with Crippen LogP contribution < -0.4 is 4.73 Å². The zero-order chi connectivity index (χ0) is 30.9. The van der Waals surface area contributed by atoms with E-state index in [1.54, 1.807) is 59.4 Å². The third-order valence-electron chi connectivity index (χ3n) is 8.07. The lowest BCUT2D eigenvalue weighted by Gasteiger charge is -2.29. The van der Waals surface area contributed by atoms with Gasteiger partial charge in [-0.3, -0.25) is 4.68 Å². The summed E-state index contributed by atoms with van der Waals surface area (Å²) in [6.07, 6.45) is 7.63. The molecule has 3 aromatic carbocycles. The Morgan fingerprint density at radius 2 is 1.89 bits per heavy atom. The van der Waals surface area contributed by atoms with Gasteiger partial charge in [-0.1, -0.05) is 48.0 Å². The number of fused-ring (bicyclic) bond motifs is 1. The van der Waals surface area contributed by atoms with Crippen molar-refractivity contribution in [1.29, 1.82) is 0 Å². The maximum Gasteiger partial charge on any atom is 0.335 e. The Morgan fingerprint density at radius 3 is 2.67 bits per heavy atom. The van der Waals surface area contributed by atoms with E-state index >= 15 is 0 Å². The SMILES string of the molecule is O=C(O)c1ccc(-c2cnn(C(CC3OCCc4ccccc43)c3ccc(-c4cc(Cl)ccc4-n4cnnn4)c[n+]3[O-])c2)cc1. The van der Waals surface area contributed by atoms with Crippen LogP contribution in [0.15, 0.2) is 104 Å². The van der Waals surface area contributed by atoms with E-state index < -0.39 is 12.0 Å². The molecule has 0 amide bonds. The van der Waals surface area contributed by atoms with E-state index in [0.29, 0.717) is 40.6 Å². The van der Waals surface area contributed by atoms with E-state index in [0.717, 1.165) is 27.8 Å². The summed E-state index contributed by atoms with van der Waals surface area (Å²) < 4.78 is 10.4. The number of aromatic carboxylic acids is 1. The van der Waals surface area contributed by atoms with Gasteiger partial charge in [0, 0.05) is 40.4 Å². The molecule has 0 spiro atoms. The highest BCUT2D eigenvalue weighted by molar-refractivity contribution is 6.31. The van der Waals surface area contributed by atoms with Gasteiger partial charge < -0.3 is 15.1 Å². The van der Waals surface area contributed by atoms with Crippen molar-refractivity contribution in [2.75, 3.05) is 6.61 Å². The standard InChI is InChI=1S/C33H26ClN7O4/c34-26-10-12-29(40-20-35-37-38-40)28(15-26)24-9-11-30(41(44)19-24)31(16-32-27-4-2-1-3-22(27)13-14-45-32)39-18-25(17-36-39)21-5-7-23(8-6-21)33(42)43/h1-12,15,17-20,31-32H,13-14,16H2,(H,42,43). The van der Waals surface area contributed by atoms with Gasteiger partial charge in [0.05, 0.1) is 30.2 Å². The number of aromatic nitrogens is 7. The number of pyridine rings is 1. The van der Waals surface area contributed by atoms with Crippen molar-refractivity contribution in [3.05, 3.63) is 136 Å².